The lowest BCUT2D eigenvalue weighted by molar-refractivity contribution is -0.141. The molecule has 116 valence electrons. The number of hydrogen-bond donors (Lipinski definition) is 1. The van der Waals surface area contributed by atoms with Gasteiger partial charge in [-0.15, -0.1) is 0 Å². The number of alkyl halides is 3. The molecule has 1 heterocycles. The Kier molecular flexibility index (Phi) is 4.63. The Bertz CT molecular complexity index is 733. The molecule has 0 aliphatic heterocycles. The molecule has 0 aliphatic carbocycles. The third-order valence-corrected chi connectivity index (χ3v) is 3.35. The van der Waals surface area contributed by atoms with Gasteiger partial charge >= 0.3 is 6.18 Å². The van der Waals surface area contributed by atoms with Crippen LogP contribution in [0.4, 0.5) is 18.9 Å². The Balaban J connectivity index is 2.26. The molecule has 1 aromatic heterocycles. The van der Waals surface area contributed by atoms with E-state index in [1.165, 1.54) is 25.1 Å². The Morgan fingerprint density at radius 1 is 1.18 bits per heavy atom. The molecule has 22 heavy (non-hydrogen) atoms. The fraction of sp³-hybridized carbons (Fsp3) is 0.143. The molecule has 0 saturated carbocycles. The summed E-state index contributed by atoms with van der Waals surface area (Å²) in [6, 6.07) is 6.29. The van der Waals surface area contributed by atoms with Crippen molar-refractivity contribution >= 4 is 34.8 Å². The number of nitrogens with zero attached hydrogens (tertiary/aromatic N) is 1. The van der Waals surface area contributed by atoms with Crippen molar-refractivity contribution in [2.75, 3.05) is 5.32 Å². The summed E-state index contributed by atoms with van der Waals surface area (Å²) in [6.45, 7) is 1.33. The van der Waals surface area contributed by atoms with Gasteiger partial charge < -0.3 is 5.32 Å². The largest absolute Gasteiger partial charge is 0.433 e. The third kappa shape index (κ3) is 3.69. The fourth-order valence-corrected chi connectivity index (χ4v) is 2.20. The molecule has 1 aromatic carbocycles. The van der Waals surface area contributed by atoms with Crippen molar-refractivity contribution in [2.24, 2.45) is 0 Å². The monoisotopic (exact) mass is 348 g/mol. The number of aromatic nitrogens is 1. The molecular formula is C14H9Cl2F3N2O. The summed E-state index contributed by atoms with van der Waals surface area (Å²) in [5.41, 5.74) is -0.752. The summed E-state index contributed by atoms with van der Waals surface area (Å²) >= 11 is 11.7. The number of anilines is 1. The average Bonchev–Trinajstić information content (AvgIpc) is 2.40. The van der Waals surface area contributed by atoms with Gasteiger partial charge in [-0.25, -0.2) is 4.98 Å². The van der Waals surface area contributed by atoms with Crippen LogP contribution in [-0.2, 0) is 6.18 Å². The Morgan fingerprint density at radius 3 is 2.41 bits per heavy atom. The van der Waals surface area contributed by atoms with Crippen LogP contribution in [-0.4, -0.2) is 10.9 Å². The van der Waals surface area contributed by atoms with Crippen LogP contribution in [0.5, 0.6) is 0 Å². The smallest absolute Gasteiger partial charge is 0.321 e. The summed E-state index contributed by atoms with van der Waals surface area (Å²) in [4.78, 5) is 15.5. The lowest BCUT2D eigenvalue weighted by atomic mass is 10.1. The molecule has 0 spiro atoms. The first-order chi connectivity index (χ1) is 10.2. The molecule has 0 unspecified atom stereocenters. The molecule has 1 N–H and O–H groups in total. The molecule has 1 amide bonds. The lowest BCUT2D eigenvalue weighted by Crippen LogP contribution is -2.16. The summed E-state index contributed by atoms with van der Waals surface area (Å²) in [7, 11) is 0. The van der Waals surface area contributed by atoms with Gasteiger partial charge in [-0.3, -0.25) is 4.79 Å². The van der Waals surface area contributed by atoms with Crippen molar-refractivity contribution in [2.45, 2.75) is 13.1 Å². The highest BCUT2D eigenvalue weighted by Gasteiger charge is 2.33. The van der Waals surface area contributed by atoms with E-state index in [2.05, 4.69) is 10.3 Å². The first-order valence-electron chi connectivity index (χ1n) is 5.99. The van der Waals surface area contributed by atoms with Gasteiger partial charge in [0.1, 0.15) is 5.69 Å². The molecule has 0 saturated heterocycles. The Morgan fingerprint density at radius 2 is 1.86 bits per heavy atom. The standard InChI is InChI=1S/C14H9Cl2F3N2O/c1-7-9(3-5-12(20-7)14(17,18)19)13(22)21-11-4-2-8(15)6-10(11)16/h2-6H,1H3,(H,21,22). The number of nitrogens with one attached hydrogen (secondary N) is 1. The van der Waals surface area contributed by atoms with Crippen molar-refractivity contribution in [1.29, 1.82) is 0 Å². The fourth-order valence-electron chi connectivity index (χ4n) is 1.74. The summed E-state index contributed by atoms with van der Waals surface area (Å²) in [5.74, 6) is -0.608. The van der Waals surface area contributed by atoms with E-state index < -0.39 is 17.8 Å². The first kappa shape index (κ1) is 16.6. The van der Waals surface area contributed by atoms with Gasteiger partial charge in [0.05, 0.1) is 22.0 Å². The van der Waals surface area contributed by atoms with Gasteiger partial charge in [-0.1, -0.05) is 23.2 Å². The highest BCUT2D eigenvalue weighted by Crippen LogP contribution is 2.29. The predicted molar refractivity (Wildman–Crippen MR) is 78.4 cm³/mol. The number of aryl methyl sites for hydroxylation is 1. The quantitative estimate of drug-likeness (QED) is 0.832. The maximum atomic E-state index is 12.5. The van der Waals surface area contributed by atoms with E-state index in [1.54, 1.807) is 0 Å². The number of halogens is 5. The zero-order valence-corrected chi connectivity index (χ0v) is 12.6. The molecule has 2 rings (SSSR count). The lowest BCUT2D eigenvalue weighted by Gasteiger charge is -2.11. The second-order valence-corrected chi connectivity index (χ2v) is 5.25. The number of carbonyl (C=O) groups is 1. The van der Waals surface area contributed by atoms with E-state index in [4.69, 9.17) is 23.2 Å². The van der Waals surface area contributed by atoms with E-state index in [0.717, 1.165) is 12.1 Å². The summed E-state index contributed by atoms with van der Waals surface area (Å²) in [6.07, 6.45) is -4.56. The van der Waals surface area contributed by atoms with Crippen LogP contribution in [0.2, 0.25) is 10.0 Å². The van der Waals surface area contributed by atoms with Crippen LogP contribution in [0.1, 0.15) is 21.7 Å². The first-order valence-corrected chi connectivity index (χ1v) is 6.75. The van der Waals surface area contributed by atoms with E-state index in [0.29, 0.717) is 10.7 Å². The molecule has 0 radical (unpaired) electrons. The van der Waals surface area contributed by atoms with Crippen molar-refractivity contribution in [3.05, 3.63) is 57.3 Å². The Hall–Kier alpha value is -1.79. The van der Waals surface area contributed by atoms with Gasteiger partial charge in [0.15, 0.2) is 0 Å². The van der Waals surface area contributed by atoms with E-state index in [-0.39, 0.29) is 16.3 Å². The molecule has 0 atom stereocenters. The molecule has 0 aliphatic rings. The molecule has 8 heteroatoms. The number of amides is 1. The maximum Gasteiger partial charge on any atom is 0.433 e. The highest BCUT2D eigenvalue weighted by atomic mass is 35.5. The normalized spacial score (nSPS) is 11.4. The van der Waals surface area contributed by atoms with E-state index >= 15 is 0 Å². The maximum absolute atomic E-state index is 12.5. The summed E-state index contributed by atoms with van der Waals surface area (Å²) < 4.78 is 37.6. The Labute approximate surface area is 134 Å². The number of benzene rings is 1. The number of carbonyl (C=O) groups excluding carboxylic acids is 1. The molecule has 0 bridgehead atoms. The minimum atomic E-state index is -4.56. The van der Waals surface area contributed by atoms with Crippen molar-refractivity contribution in [1.82, 2.24) is 4.98 Å². The van der Waals surface area contributed by atoms with Gasteiger partial charge in [-0.05, 0) is 37.3 Å². The van der Waals surface area contributed by atoms with E-state index in [9.17, 15) is 18.0 Å². The molecule has 0 fully saturated rings. The van der Waals surface area contributed by atoms with Gasteiger partial charge in [-0.2, -0.15) is 13.2 Å². The van der Waals surface area contributed by atoms with Crippen LogP contribution in [0, 0.1) is 6.92 Å². The minimum absolute atomic E-state index is 0.0269. The van der Waals surface area contributed by atoms with Crippen molar-refractivity contribution in [3.63, 3.8) is 0 Å². The van der Waals surface area contributed by atoms with Crippen LogP contribution in [0.3, 0.4) is 0 Å². The van der Waals surface area contributed by atoms with Crippen LogP contribution in [0.25, 0.3) is 0 Å². The zero-order valence-electron chi connectivity index (χ0n) is 11.1. The molecular weight excluding hydrogens is 340 g/mol. The van der Waals surface area contributed by atoms with Crippen molar-refractivity contribution in [3.8, 4) is 0 Å². The SMILES string of the molecule is Cc1nc(C(F)(F)F)ccc1C(=O)Nc1ccc(Cl)cc1Cl. The second-order valence-electron chi connectivity index (χ2n) is 4.41. The van der Waals surface area contributed by atoms with Gasteiger partial charge in [0.2, 0.25) is 0 Å². The van der Waals surface area contributed by atoms with Crippen molar-refractivity contribution < 1.29 is 18.0 Å². The molecule has 3 nitrogen and oxygen atoms in total. The average molecular weight is 349 g/mol. The van der Waals surface area contributed by atoms with Crippen LogP contribution < -0.4 is 5.32 Å². The van der Waals surface area contributed by atoms with Gasteiger partial charge in [0, 0.05) is 5.02 Å². The predicted octanol–water partition coefficient (Wildman–Crippen LogP) is 4.97. The number of rotatable bonds is 2. The number of hydrogen-bond acceptors (Lipinski definition) is 2. The van der Waals surface area contributed by atoms with E-state index in [1.807, 2.05) is 0 Å². The topological polar surface area (TPSA) is 42.0 Å². The molecule has 2 aromatic rings. The summed E-state index contributed by atoms with van der Waals surface area (Å²) in [5, 5.41) is 3.12. The highest BCUT2D eigenvalue weighted by molar-refractivity contribution is 6.36. The van der Waals surface area contributed by atoms with Crippen LogP contribution in [0.15, 0.2) is 30.3 Å². The minimum Gasteiger partial charge on any atom is -0.321 e. The second kappa shape index (κ2) is 6.14. The number of pyridine rings is 1. The van der Waals surface area contributed by atoms with Crippen LogP contribution >= 0.6 is 23.2 Å². The third-order valence-electron chi connectivity index (χ3n) is 2.80. The zero-order chi connectivity index (χ0) is 16.5. The van der Waals surface area contributed by atoms with Gasteiger partial charge in [0.25, 0.3) is 5.91 Å².